The van der Waals surface area contributed by atoms with E-state index in [1.807, 2.05) is 37.4 Å². The Balaban J connectivity index is 2.91. The Morgan fingerprint density at radius 3 is 2.59 bits per heavy atom. The lowest BCUT2D eigenvalue weighted by atomic mass is 10.1. The molecule has 0 aliphatic rings. The van der Waals surface area contributed by atoms with Crippen LogP contribution in [0.15, 0.2) is 29.8 Å². The molecule has 0 bridgehead atoms. The third-order valence-corrected chi connectivity index (χ3v) is 2.13. The molecule has 4 nitrogen and oxygen atoms in total. The predicted octanol–water partition coefficient (Wildman–Crippen LogP) is 2.20. The number of nitrogens with one attached hydrogen (secondary N) is 1. The number of benzene rings is 1. The highest BCUT2D eigenvalue weighted by molar-refractivity contribution is 5.97. The molecular weight excluding hydrogens is 216 g/mol. The number of carbonyl (C=O) groups excluding carboxylic acids is 1. The van der Waals surface area contributed by atoms with E-state index in [4.69, 9.17) is 10.00 Å². The summed E-state index contributed by atoms with van der Waals surface area (Å²) in [6, 6.07) is 9.21. The number of nitriles is 1. The quantitative estimate of drug-likeness (QED) is 0.489. The Bertz CT molecular complexity index is 455. The van der Waals surface area contributed by atoms with Gasteiger partial charge in [-0.2, -0.15) is 5.26 Å². The molecule has 1 N–H and O–H groups in total. The van der Waals surface area contributed by atoms with Crippen molar-refractivity contribution in [2.45, 2.75) is 6.92 Å². The predicted molar refractivity (Wildman–Crippen MR) is 66.2 cm³/mol. The van der Waals surface area contributed by atoms with Gasteiger partial charge in [-0.05, 0) is 30.7 Å². The van der Waals surface area contributed by atoms with E-state index in [1.54, 1.807) is 6.92 Å². The van der Waals surface area contributed by atoms with Gasteiger partial charge in [-0.25, -0.2) is 4.79 Å². The van der Waals surface area contributed by atoms with Gasteiger partial charge in [0.15, 0.2) is 0 Å². The third-order valence-electron chi connectivity index (χ3n) is 2.13. The number of hydrogen-bond donors (Lipinski definition) is 1. The fourth-order valence-electron chi connectivity index (χ4n) is 1.26. The average molecular weight is 230 g/mol. The lowest BCUT2D eigenvalue weighted by Gasteiger charge is -2.01. The van der Waals surface area contributed by atoms with Gasteiger partial charge in [0.2, 0.25) is 0 Å². The standard InChI is InChI=1S/C13H14N2O2/c1-3-17-13(16)11(9-14)8-10-4-6-12(15-2)7-5-10/h4-8,15H,3H2,1-2H3/b11-8+. The molecule has 0 heterocycles. The minimum Gasteiger partial charge on any atom is -0.462 e. The smallest absolute Gasteiger partial charge is 0.348 e. The van der Waals surface area contributed by atoms with Gasteiger partial charge in [-0.1, -0.05) is 12.1 Å². The summed E-state index contributed by atoms with van der Waals surface area (Å²) in [7, 11) is 1.82. The van der Waals surface area contributed by atoms with Gasteiger partial charge in [-0.15, -0.1) is 0 Å². The van der Waals surface area contributed by atoms with Crippen LogP contribution in [0.25, 0.3) is 6.08 Å². The van der Waals surface area contributed by atoms with E-state index in [1.165, 1.54) is 6.08 Å². The first kappa shape index (κ1) is 12.8. The molecule has 1 aromatic rings. The molecule has 4 heteroatoms. The summed E-state index contributed by atoms with van der Waals surface area (Å²) < 4.78 is 4.77. The molecule has 0 saturated carbocycles. The highest BCUT2D eigenvalue weighted by Gasteiger charge is 2.09. The number of nitrogens with zero attached hydrogens (tertiary/aromatic N) is 1. The molecular formula is C13H14N2O2. The molecule has 0 spiro atoms. The number of ether oxygens (including phenoxy) is 1. The first-order valence-electron chi connectivity index (χ1n) is 5.28. The van der Waals surface area contributed by atoms with Crippen LogP contribution >= 0.6 is 0 Å². The molecule has 0 amide bonds. The van der Waals surface area contributed by atoms with Crippen molar-refractivity contribution < 1.29 is 9.53 Å². The van der Waals surface area contributed by atoms with Crippen LogP contribution in [0.2, 0.25) is 0 Å². The second-order valence-electron chi connectivity index (χ2n) is 3.26. The molecule has 0 aromatic heterocycles. The maximum atomic E-state index is 11.4. The fourth-order valence-corrected chi connectivity index (χ4v) is 1.26. The molecule has 0 atom stereocenters. The van der Waals surface area contributed by atoms with Crippen molar-refractivity contribution in [1.29, 1.82) is 5.26 Å². The normalized spacial score (nSPS) is 10.5. The average Bonchev–Trinajstić information content (AvgIpc) is 2.37. The molecule has 88 valence electrons. The summed E-state index contributed by atoms with van der Waals surface area (Å²) in [5.74, 6) is -0.590. The molecule has 0 saturated heterocycles. The van der Waals surface area contributed by atoms with Crippen LogP contribution < -0.4 is 5.32 Å². The first-order valence-corrected chi connectivity index (χ1v) is 5.28. The summed E-state index contributed by atoms with van der Waals surface area (Å²) in [6.07, 6.45) is 1.51. The van der Waals surface area contributed by atoms with Crippen molar-refractivity contribution in [3.05, 3.63) is 35.4 Å². The van der Waals surface area contributed by atoms with Crippen molar-refractivity contribution in [2.24, 2.45) is 0 Å². The molecule has 0 fully saturated rings. The SMILES string of the molecule is CCOC(=O)/C(C#N)=C/c1ccc(NC)cc1. The van der Waals surface area contributed by atoms with Crippen LogP contribution in [0.3, 0.4) is 0 Å². The van der Waals surface area contributed by atoms with Gasteiger partial charge >= 0.3 is 5.97 Å². The molecule has 0 unspecified atom stereocenters. The summed E-state index contributed by atoms with van der Waals surface area (Å²) in [4.78, 5) is 11.4. The summed E-state index contributed by atoms with van der Waals surface area (Å²) in [5.41, 5.74) is 1.76. The van der Waals surface area contributed by atoms with Crippen LogP contribution in [-0.4, -0.2) is 19.6 Å². The third kappa shape index (κ3) is 3.65. The van der Waals surface area contributed by atoms with Crippen LogP contribution in [0.5, 0.6) is 0 Å². The largest absolute Gasteiger partial charge is 0.462 e. The number of esters is 1. The van der Waals surface area contributed by atoms with Gasteiger partial charge in [0.05, 0.1) is 6.61 Å². The Hall–Kier alpha value is -2.28. The molecule has 0 radical (unpaired) electrons. The number of hydrogen-bond acceptors (Lipinski definition) is 4. The van der Waals surface area contributed by atoms with Crippen LogP contribution in [0.1, 0.15) is 12.5 Å². The maximum absolute atomic E-state index is 11.4. The van der Waals surface area contributed by atoms with Gasteiger partial charge in [0, 0.05) is 12.7 Å². The van der Waals surface area contributed by atoms with Gasteiger partial charge < -0.3 is 10.1 Å². The minimum absolute atomic E-state index is 0.00376. The van der Waals surface area contributed by atoms with Crippen molar-refractivity contribution in [3.63, 3.8) is 0 Å². The minimum atomic E-state index is -0.590. The van der Waals surface area contributed by atoms with E-state index in [0.29, 0.717) is 0 Å². The summed E-state index contributed by atoms with van der Waals surface area (Å²) >= 11 is 0. The molecule has 0 aliphatic carbocycles. The highest BCUT2D eigenvalue weighted by Crippen LogP contribution is 2.12. The Morgan fingerprint density at radius 2 is 2.12 bits per heavy atom. The summed E-state index contributed by atoms with van der Waals surface area (Å²) in [5, 5.41) is 11.8. The van der Waals surface area contributed by atoms with E-state index in [0.717, 1.165) is 11.3 Å². The Labute approximate surface area is 101 Å². The molecule has 1 aromatic carbocycles. The Morgan fingerprint density at radius 1 is 1.47 bits per heavy atom. The molecule has 1 rings (SSSR count). The lowest BCUT2D eigenvalue weighted by molar-refractivity contribution is -0.137. The zero-order valence-electron chi connectivity index (χ0n) is 9.86. The van der Waals surface area contributed by atoms with E-state index in [9.17, 15) is 4.79 Å². The molecule has 17 heavy (non-hydrogen) atoms. The van der Waals surface area contributed by atoms with Crippen molar-refractivity contribution in [3.8, 4) is 6.07 Å². The topological polar surface area (TPSA) is 62.1 Å². The second-order valence-corrected chi connectivity index (χ2v) is 3.26. The maximum Gasteiger partial charge on any atom is 0.348 e. The van der Waals surface area contributed by atoms with Crippen molar-refractivity contribution in [1.82, 2.24) is 0 Å². The first-order chi connectivity index (χ1) is 8.21. The van der Waals surface area contributed by atoms with E-state index >= 15 is 0 Å². The zero-order chi connectivity index (χ0) is 12.7. The van der Waals surface area contributed by atoms with Gasteiger partial charge in [-0.3, -0.25) is 0 Å². The van der Waals surface area contributed by atoms with Gasteiger partial charge in [0.1, 0.15) is 11.6 Å². The second kappa shape index (κ2) is 6.33. The zero-order valence-corrected chi connectivity index (χ0v) is 9.86. The van der Waals surface area contributed by atoms with E-state index in [2.05, 4.69) is 5.32 Å². The fraction of sp³-hybridized carbons (Fsp3) is 0.231. The number of anilines is 1. The van der Waals surface area contributed by atoms with Crippen LogP contribution in [0.4, 0.5) is 5.69 Å². The Kier molecular flexibility index (Phi) is 4.77. The number of rotatable bonds is 4. The van der Waals surface area contributed by atoms with Crippen LogP contribution in [0, 0.1) is 11.3 Å². The van der Waals surface area contributed by atoms with Crippen molar-refractivity contribution in [2.75, 3.05) is 19.0 Å². The van der Waals surface area contributed by atoms with Crippen LogP contribution in [-0.2, 0) is 9.53 Å². The lowest BCUT2D eigenvalue weighted by Crippen LogP contribution is -2.05. The molecule has 0 aliphatic heterocycles. The van der Waals surface area contributed by atoms with Crippen molar-refractivity contribution >= 4 is 17.7 Å². The summed E-state index contributed by atoms with van der Waals surface area (Å²) in [6.45, 7) is 1.96. The van der Waals surface area contributed by atoms with Gasteiger partial charge in [0.25, 0.3) is 0 Å². The number of carbonyl (C=O) groups is 1. The van der Waals surface area contributed by atoms with E-state index in [-0.39, 0.29) is 12.2 Å². The monoisotopic (exact) mass is 230 g/mol. The highest BCUT2D eigenvalue weighted by atomic mass is 16.5. The van der Waals surface area contributed by atoms with E-state index < -0.39 is 5.97 Å².